The molecular formula is C17H31NO6. The van der Waals surface area contributed by atoms with E-state index in [-0.39, 0.29) is 18.3 Å². The first-order valence-corrected chi connectivity index (χ1v) is 8.37. The fraction of sp³-hybridized carbons (Fsp3) is 0.824. The van der Waals surface area contributed by atoms with E-state index in [2.05, 4.69) is 12.2 Å². The maximum atomic E-state index is 12.2. The Bertz CT molecular complexity index is 437. The predicted octanol–water partition coefficient (Wildman–Crippen LogP) is 3.32. The third kappa shape index (κ3) is 9.37. The van der Waals surface area contributed by atoms with Crippen LogP contribution in [0, 0.1) is 11.8 Å². The molecule has 140 valence electrons. The highest BCUT2D eigenvalue weighted by Gasteiger charge is 2.33. The summed E-state index contributed by atoms with van der Waals surface area (Å²) in [6.07, 6.45) is 0.426. The van der Waals surface area contributed by atoms with Crippen LogP contribution in [0.2, 0.25) is 0 Å². The number of esters is 1. The number of aliphatic carboxylic acids is 1. The molecule has 0 rings (SSSR count). The number of carboxylic acids is 1. The van der Waals surface area contributed by atoms with Gasteiger partial charge >= 0.3 is 18.0 Å². The maximum Gasteiger partial charge on any atom is 0.410 e. The van der Waals surface area contributed by atoms with Crippen molar-refractivity contribution in [2.24, 2.45) is 11.8 Å². The summed E-state index contributed by atoms with van der Waals surface area (Å²) in [4.78, 5) is 34.4. The molecule has 1 amide bonds. The molecule has 0 aliphatic carbocycles. The average Bonchev–Trinajstić information content (AvgIpc) is 2.35. The molecule has 0 aliphatic heterocycles. The molecular weight excluding hydrogens is 314 g/mol. The molecule has 0 saturated heterocycles. The molecule has 7 heteroatoms. The molecule has 2 N–H and O–H groups in total. The lowest BCUT2D eigenvalue weighted by Crippen LogP contribution is -2.50. The van der Waals surface area contributed by atoms with Crippen LogP contribution in [-0.2, 0) is 19.1 Å². The van der Waals surface area contributed by atoms with Crippen LogP contribution in [-0.4, -0.2) is 35.0 Å². The van der Waals surface area contributed by atoms with Gasteiger partial charge in [0.25, 0.3) is 6.29 Å². The van der Waals surface area contributed by atoms with Gasteiger partial charge in [0.2, 0.25) is 0 Å². The van der Waals surface area contributed by atoms with Gasteiger partial charge < -0.3 is 19.9 Å². The summed E-state index contributed by atoms with van der Waals surface area (Å²) in [5.74, 6) is -1.51. The smallest absolute Gasteiger partial charge is 0.410 e. The molecule has 7 nitrogen and oxygen atoms in total. The van der Waals surface area contributed by atoms with Crippen LogP contribution >= 0.6 is 0 Å². The Balaban J connectivity index is 4.95. The van der Waals surface area contributed by atoms with Crippen LogP contribution in [0.1, 0.15) is 67.2 Å². The van der Waals surface area contributed by atoms with Gasteiger partial charge in [0.1, 0.15) is 0 Å². The molecule has 0 spiro atoms. The minimum absolute atomic E-state index is 0.212. The first-order valence-electron chi connectivity index (χ1n) is 8.37. The average molecular weight is 345 g/mol. The van der Waals surface area contributed by atoms with E-state index in [4.69, 9.17) is 14.6 Å². The van der Waals surface area contributed by atoms with E-state index in [1.807, 2.05) is 6.92 Å². The van der Waals surface area contributed by atoms with E-state index in [1.165, 1.54) is 6.92 Å². The zero-order chi connectivity index (χ0) is 18.9. The molecule has 0 radical (unpaired) electrons. The largest absolute Gasteiger partial charge is 0.481 e. The number of alkyl carbamates (subject to hydrolysis) is 1. The summed E-state index contributed by atoms with van der Waals surface area (Å²) in [5, 5.41) is 11.8. The third-order valence-electron chi connectivity index (χ3n) is 3.58. The Hall–Kier alpha value is -1.79. The highest BCUT2D eigenvalue weighted by atomic mass is 16.7. The van der Waals surface area contributed by atoms with Crippen LogP contribution in [0.3, 0.4) is 0 Å². The quantitative estimate of drug-likeness (QED) is 0.465. The van der Waals surface area contributed by atoms with Crippen molar-refractivity contribution in [2.45, 2.75) is 79.1 Å². The van der Waals surface area contributed by atoms with Gasteiger partial charge in [0.05, 0.1) is 12.0 Å². The predicted molar refractivity (Wildman–Crippen MR) is 89.4 cm³/mol. The SMILES string of the molecule is CCCC(C)C[C@](C)(CC(=O)O)NC(=O)O[C@@H](OC(C)=O)C(C)C. The lowest BCUT2D eigenvalue weighted by molar-refractivity contribution is -0.172. The van der Waals surface area contributed by atoms with Gasteiger partial charge in [-0.1, -0.05) is 40.5 Å². The topological polar surface area (TPSA) is 102 Å². The van der Waals surface area contributed by atoms with Gasteiger partial charge in [-0.05, 0) is 19.3 Å². The number of ether oxygens (including phenoxy) is 2. The molecule has 0 aromatic carbocycles. The second kappa shape index (κ2) is 10.2. The maximum absolute atomic E-state index is 12.2. The summed E-state index contributed by atoms with van der Waals surface area (Å²) in [6, 6.07) is 0. The van der Waals surface area contributed by atoms with Crippen LogP contribution in [0.25, 0.3) is 0 Å². The summed E-state index contributed by atoms with van der Waals surface area (Å²) in [6.45, 7) is 10.5. The molecule has 0 aromatic heterocycles. The number of carboxylic acid groups (broad SMARTS) is 1. The second-order valence-electron chi connectivity index (χ2n) is 6.98. The summed E-state index contributed by atoms with van der Waals surface area (Å²) >= 11 is 0. The number of amides is 1. The monoisotopic (exact) mass is 345 g/mol. The third-order valence-corrected chi connectivity index (χ3v) is 3.58. The van der Waals surface area contributed by atoms with Crippen molar-refractivity contribution in [3.8, 4) is 0 Å². The number of carbonyl (C=O) groups is 3. The second-order valence-corrected chi connectivity index (χ2v) is 6.98. The van der Waals surface area contributed by atoms with Gasteiger partial charge in [-0.2, -0.15) is 0 Å². The number of nitrogens with one attached hydrogen (secondary N) is 1. The lowest BCUT2D eigenvalue weighted by Gasteiger charge is -2.32. The van der Waals surface area contributed by atoms with Gasteiger partial charge in [0.15, 0.2) is 0 Å². The Morgan fingerprint density at radius 3 is 2.17 bits per heavy atom. The first-order chi connectivity index (χ1) is 11.0. The lowest BCUT2D eigenvalue weighted by atomic mass is 9.85. The zero-order valence-electron chi connectivity index (χ0n) is 15.5. The van der Waals surface area contributed by atoms with Gasteiger partial charge in [-0.25, -0.2) is 4.79 Å². The van der Waals surface area contributed by atoms with E-state index >= 15 is 0 Å². The van der Waals surface area contributed by atoms with Crippen LogP contribution in [0.15, 0.2) is 0 Å². The van der Waals surface area contributed by atoms with Crippen molar-refractivity contribution >= 4 is 18.0 Å². The molecule has 0 bridgehead atoms. The number of hydrogen-bond acceptors (Lipinski definition) is 5. The van der Waals surface area contributed by atoms with Crippen molar-refractivity contribution in [1.82, 2.24) is 5.32 Å². The van der Waals surface area contributed by atoms with E-state index in [0.717, 1.165) is 12.8 Å². The summed E-state index contributed by atoms with van der Waals surface area (Å²) in [7, 11) is 0. The van der Waals surface area contributed by atoms with Crippen molar-refractivity contribution in [3.05, 3.63) is 0 Å². The minimum atomic E-state index is -1.01. The Morgan fingerprint density at radius 2 is 1.75 bits per heavy atom. The molecule has 1 unspecified atom stereocenters. The van der Waals surface area contributed by atoms with Gasteiger partial charge in [0, 0.05) is 12.8 Å². The van der Waals surface area contributed by atoms with Crippen molar-refractivity contribution < 1.29 is 29.0 Å². The number of hydrogen-bond donors (Lipinski definition) is 2. The Kier molecular flexibility index (Phi) is 9.40. The highest BCUT2D eigenvalue weighted by molar-refractivity contribution is 5.73. The van der Waals surface area contributed by atoms with Crippen LogP contribution < -0.4 is 5.32 Å². The summed E-state index contributed by atoms with van der Waals surface area (Å²) in [5.41, 5.74) is -0.935. The Morgan fingerprint density at radius 1 is 1.17 bits per heavy atom. The van der Waals surface area contributed by atoms with Crippen molar-refractivity contribution in [1.29, 1.82) is 0 Å². The van der Waals surface area contributed by atoms with Gasteiger partial charge in [-0.15, -0.1) is 0 Å². The van der Waals surface area contributed by atoms with Crippen molar-refractivity contribution in [3.63, 3.8) is 0 Å². The fourth-order valence-electron chi connectivity index (χ4n) is 2.71. The molecule has 0 fully saturated rings. The summed E-state index contributed by atoms with van der Waals surface area (Å²) < 4.78 is 10.1. The van der Waals surface area contributed by atoms with E-state index < -0.39 is 29.9 Å². The fourth-order valence-corrected chi connectivity index (χ4v) is 2.71. The molecule has 0 aliphatic rings. The molecule has 24 heavy (non-hydrogen) atoms. The van der Waals surface area contributed by atoms with E-state index in [9.17, 15) is 14.4 Å². The molecule has 3 atom stereocenters. The first kappa shape index (κ1) is 22.2. The van der Waals surface area contributed by atoms with Gasteiger partial charge in [-0.3, -0.25) is 9.59 Å². The molecule has 0 aromatic rings. The van der Waals surface area contributed by atoms with E-state index in [0.29, 0.717) is 6.42 Å². The van der Waals surface area contributed by atoms with Crippen LogP contribution in [0.5, 0.6) is 0 Å². The van der Waals surface area contributed by atoms with E-state index in [1.54, 1.807) is 20.8 Å². The molecule has 0 saturated carbocycles. The Labute approximate surface area is 144 Å². The van der Waals surface area contributed by atoms with Crippen molar-refractivity contribution in [2.75, 3.05) is 0 Å². The standard InChI is InChI=1S/C17H31NO6/c1-7-8-12(4)9-17(6,10-14(20)21)18-16(22)24-15(11(2)3)23-13(5)19/h11-12,15H,7-10H2,1-6H3,(H,18,22)(H,20,21)/t12?,15-,17-/m1/s1. The zero-order valence-corrected chi connectivity index (χ0v) is 15.5. The highest BCUT2D eigenvalue weighted by Crippen LogP contribution is 2.24. The number of rotatable bonds is 10. The van der Waals surface area contributed by atoms with Crippen LogP contribution in [0.4, 0.5) is 4.79 Å². The normalized spacial score (nSPS) is 16.0. The number of carbonyl (C=O) groups excluding carboxylic acids is 2. The minimum Gasteiger partial charge on any atom is -0.481 e. The molecule has 0 heterocycles.